The molecule has 21 heavy (non-hydrogen) atoms. The molecule has 0 spiro atoms. The first-order valence-electron chi connectivity index (χ1n) is 6.14. The second-order valence-corrected chi connectivity index (χ2v) is 4.83. The van der Waals surface area contributed by atoms with Crippen molar-refractivity contribution in [3.63, 3.8) is 0 Å². The largest absolute Gasteiger partial charge is 0.417 e. The lowest BCUT2D eigenvalue weighted by Gasteiger charge is -2.11. The lowest BCUT2D eigenvalue weighted by atomic mass is 10.1. The van der Waals surface area contributed by atoms with Crippen molar-refractivity contribution < 1.29 is 13.2 Å². The Kier molecular flexibility index (Phi) is 4.69. The second kappa shape index (κ2) is 6.32. The van der Waals surface area contributed by atoms with Crippen molar-refractivity contribution in [2.45, 2.75) is 19.3 Å². The van der Waals surface area contributed by atoms with Crippen molar-refractivity contribution in [1.82, 2.24) is 4.98 Å². The Morgan fingerprint density at radius 3 is 2.29 bits per heavy atom. The van der Waals surface area contributed by atoms with Crippen LogP contribution in [0.1, 0.15) is 16.7 Å². The zero-order chi connectivity index (χ0) is 15.5. The number of alkyl halides is 3. The Balaban J connectivity index is 2.06. The average Bonchev–Trinajstić information content (AvgIpc) is 2.45. The van der Waals surface area contributed by atoms with Crippen LogP contribution in [0.4, 0.5) is 19.0 Å². The molecule has 0 aliphatic heterocycles. The third kappa shape index (κ3) is 4.09. The summed E-state index contributed by atoms with van der Waals surface area (Å²) in [6.07, 6.45) is -3.70. The molecule has 3 N–H and O–H groups in total. The minimum absolute atomic E-state index is 0.0663. The van der Waals surface area contributed by atoms with E-state index in [0.29, 0.717) is 13.1 Å². The first-order chi connectivity index (χ1) is 9.90. The normalized spacial score (nSPS) is 11.5. The van der Waals surface area contributed by atoms with E-state index >= 15 is 0 Å². The molecule has 0 saturated heterocycles. The summed E-state index contributed by atoms with van der Waals surface area (Å²) >= 11 is 5.81. The quantitative estimate of drug-likeness (QED) is 0.901. The molecule has 7 heteroatoms. The number of nitrogens with two attached hydrogens (primary N) is 1. The smallest absolute Gasteiger partial charge is 0.365 e. The van der Waals surface area contributed by atoms with Crippen molar-refractivity contribution in [3.8, 4) is 0 Å². The SMILES string of the molecule is NCc1ccc(CNc2ncc(C(F)(F)F)cc2Cl)cc1. The van der Waals surface area contributed by atoms with Gasteiger partial charge in [0.15, 0.2) is 0 Å². The summed E-state index contributed by atoms with van der Waals surface area (Å²) in [5.74, 6) is 0.215. The fourth-order valence-electron chi connectivity index (χ4n) is 1.70. The summed E-state index contributed by atoms with van der Waals surface area (Å²) in [6.45, 7) is 0.864. The van der Waals surface area contributed by atoms with E-state index < -0.39 is 11.7 Å². The Labute approximate surface area is 124 Å². The fraction of sp³-hybridized carbons (Fsp3) is 0.214. The molecule has 112 valence electrons. The molecule has 0 aliphatic rings. The maximum absolute atomic E-state index is 12.5. The molecule has 0 aliphatic carbocycles. The van der Waals surface area contributed by atoms with E-state index in [4.69, 9.17) is 17.3 Å². The molecule has 0 radical (unpaired) electrons. The van der Waals surface area contributed by atoms with E-state index in [2.05, 4.69) is 10.3 Å². The molecule has 0 fully saturated rings. The maximum atomic E-state index is 12.5. The second-order valence-electron chi connectivity index (χ2n) is 4.43. The van der Waals surface area contributed by atoms with Gasteiger partial charge in [0.2, 0.25) is 0 Å². The molecule has 1 aromatic carbocycles. The van der Waals surface area contributed by atoms with Gasteiger partial charge in [-0.05, 0) is 17.2 Å². The Morgan fingerprint density at radius 1 is 1.14 bits per heavy atom. The number of hydrogen-bond donors (Lipinski definition) is 2. The lowest BCUT2D eigenvalue weighted by Crippen LogP contribution is -2.08. The van der Waals surface area contributed by atoms with E-state index in [1.807, 2.05) is 24.3 Å². The molecule has 1 aromatic heterocycles. The van der Waals surface area contributed by atoms with Crippen LogP contribution in [0.2, 0.25) is 5.02 Å². The number of halogens is 4. The van der Waals surface area contributed by atoms with Crippen molar-refractivity contribution in [2.75, 3.05) is 5.32 Å². The van der Waals surface area contributed by atoms with E-state index in [9.17, 15) is 13.2 Å². The van der Waals surface area contributed by atoms with E-state index in [0.717, 1.165) is 23.4 Å². The summed E-state index contributed by atoms with van der Waals surface area (Å²) in [7, 11) is 0. The predicted molar refractivity (Wildman–Crippen MR) is 75.9 cm³/mol. The minimum atomic E-state index is -4.45. The Morgan fingerprint density at radius 2 is 1.76 bits per heavy atom. The van der Waals surface area contributed by atoms with Gasteiger partial charge in [-0.2, -0.15) is 13.2 Å². The van der Waals surface area contributed by atoms with Gasteiger partial charge in [0.1, 0.15) is 5.82 Å². The van der Waals surface area contributed by atoms with E-state index in [-0.39, 0.29) is 10.8 Å². The highest BCUT2D eigenvalue weighted by Gasteiger charge is 2.31. The Hall–Kier alpha value is -1.79. The number of aromatic nitrogens is 1. The zero-order valence-electron chi connectivity index (χ0n) is 10.9. The third-order valence-electron chi connectivity index (χ3n) is 2.89. The molecule has 2 aromatic rings. The predicted octanol–water partition coefficient (Wildman–Crippen LogP) is 3.82. The zero-order valence-corrected chi connectivity index (χ0v) is 11.7. The van der Waals surface area contributed by atoms with Gasteiger partial charge < -0.3 is 11.1 Å². The number of rotatable bonds is 4. The van der Waals surface area contributed by atoms with Gasteiger partial charge in [-0.25, -0.2) is 4.98 Å². The van der Waals surface area contributed by atoms with Gasteiger partial charge >= 0.3 is 6.18 Å². The van der Waals surface area contributed by atoms with Crippen LogP contribution in [0.5, 0.6) is 0 Å². The molecule has 3 nitrogen and oxygen atoms in total. The summed E-state index contributed by atoms with van der Waals surface area (Å²) in [6, 6.07) is 8.40. The van der Waals surface area contributed by atoms with Gasteiger partial charge in [0.05, 0.1) is 10.6 Å². The molecular weight excluding hydrogens is 303 g/mol. The van der Waals surface area contributed by atoms with Crippen molar-refractivity contribution in [2.24, 2.45) is 5.73 Å². The molecule has 0 bridgehead atoms. The number of hydrogen-bond acceptors (Lipinski definition) is 3. The van der Waals surface area contributed by atoms with Gasteiger partial charge in [0, 0.05) is 19.3 Å². The molecule has 0 unspecified atom stereocenters. The van der Waals surface area contributed by atoms with Gasteiger partial charge in [-0.15, -0.1) is 0 Å². The number of nitrogens with one attached hydrogen (secondary N) is 1. The molecule has 1 heterocycles. The maximum Gasteiger partial charge on any atom is 0.417 e. The van der Waals surface area contributed by atoms with Crippen LogP contribution in [0.3, 0.4) is 0 Å². The molecule has 2 rings (SSSR count). The third-order valence-corrected chi connectivity index (χ3v) is 3.18. The van der Waals surface area contributed by atoms with Crippen molar-refractivity contribution in [3.05, 3.63) is 58.2 Å². The van der Waals surface area contributed by atoms with E-state index in [1.54, 1.807) is 0 Å². The van der Waals surface area contributed by atoms with Crippen LogP contribution < -0.4 is 11.1 Å². The van der Waals surface area contributed by atoms with Gasteiger partial charge in [-0.1, -0.05) is 35.9 Å². The summed E-state index contributed by atoms with van der Waals surface area (Å²) in [5.41, 5.74) is 6.58. The molecule has 0 saturated carbocycles. The van der Waals surface area contributed by atoms with Crippen molar-refractivity contribution in [1.29, 1.82) is 0 Å². The number of nitrogens with zero attached hydrogens (tertiary/aromatic N) is 1. The number of anilines is 1. The molecule has 0 atom stereocenters. The highest BCUT2D eigenvalue weighted by molar-refractivity contribution is 6.32. The monoisotopic (exact) mass is 315 g/mol. The highest BCUT2D eigenvalue weighted by atomic mass is 35.5. The lowest BCUT2D eigenvalue weighted by molar-refractivity contribution is -0.137. The van der Waals surface area contributed by atoms with Crippen LogP contribution >= 0.6 is 11.6 Å². The number of benzene rings is 1. The van der Waals surface area contributed by atoms with Crippen LogP contribution in [0.25, 0.3) is 0 Å². The van der Waals surface area contributed by atoms with Crippen LogP contribution in [0.15, 0.2) is 36.5 Å². The van der Waals surface area contributed by atoms with Gasteiger partial charge in [-0.3, -0.25) is 0 Å². The van der Waals surface area contributed by atoms with Crippen molar-refractivity contribution >= 4 is 17.4 Å². The fourth-order valence-corrected chi connectivity index (χ4v) is 1.94. The van der Waals surface area contributed by atoms with Gasteiger partial charge in [0.25, 0.3) is 0 Å². The van der Waals surface area contributed by atoms with E-state index in [1.165, 1.54) is 0 Å². The topological polar surface area (TPSA) is 50.9 Å². The first-order valence-corrected chi connectivity index (χ1v) is 6.52. The molecular formula is C14H13ClF3N3. The summed E-state index contributed by atoms with van der Waals surface area (Å²) in [4.78, 5) is 3.71. The highest BCUT2D eigenvalue weighted by Crippen LogP contribution is 2.32. The molecule has 0 amide bonds. The van der Waals surface area contributed by atoms with Crippen LogP contribution in [-0.2, 0) is 19.3 Å². The standard InChI is InChI=1S/C14H13ClF3N3/c15-12-5-11(14(16,17)18)8-21-13(12)20-7-10-3-1-9(6-19)2-4-10/h1-5,8H,6-7,19H2,(H,20,21). The summed E-state index contributed by atoms with van der Waals surface area (Å²) < 4.78 is 37.5. The summed E-state index contributed by atoms with van der Waals surface area (Å²) in [5, 5.41) is 2.84. The first kappa shape index (κ1) is 15.6. The average molecular weight is 316 g/mol. The van der Waals surface area contributed by atoms with Crippen LogP contribution in [-0.4, -0.2) is 4.98 Å². The van der Waals surface area contributed by atoms with Crippen LogP contribution in [0, 0.1) is 0 Å². The number of pyridine rings is 1. The Bertz CT molecular complexity index is 612. The minimum Gasteiger partial charge on any atom is -0.365 e.